The van der Waals surface area contributed by atoms with Crippen LogP contribution >= 0.6 is 0 Å². The number of nitrogens with zero attached hydrogens (tertiary/aromatic N) is 1. The highest BCUT2D eigenvalue weighted by Gasteiger charge is 2.12. The number of hydrogen-bond acceptors (Lipinski definition) is 2. The van der Waals surface area contributed by atoms with Crippen LogP contribution < -0.4 is 5.56 Å². The zero-order chi connectivity index (χ0) is 14.4. The van der Waals surface area contributed by atoms with Crippen molar-refractivity contribution in [3.63, 3.8) is 0 Å². The van der Waals surface area contributed by atoms with E-state index >= 15 is 0 Å². The van der Waals surface area contributed by atoms with Crippen LogP contribution in [0, 0.1) is 0 Å². The second-order valence-electron chi connectivity index (χ2n) is 5.91. The number of rotatable bonds is 2. The van der Waals surface area contributed by atoms with E-state index in [-0.39, 0.29) is 5.56 Å². The first kappa shape index (κ1) is 12.9. The summed E-state index contributed by atoms with van der Waals surface area (Å²) in [6, 6.07) is 6.08. The molecule has 0 bridgehead atoms. The Morgan fingerprint density at radius 2 is 1.75 bits per heavy atom. The summed E-state index contributed by atoms with van der Waals surface area (Å²) in [4.78, 5) is 22.9. The Labute approximate surface area is 117 Å². The molecule has 3 aromatic rings. The lowest BCUT2D eigenvalue weighted by atomic mass is 10.00. The van der Waals surface area contributed by atoms with Gasteiger partial charge in [-0.2, -0.15) is 0 Å². The Morgan fingerprint density at radius 1 is 1.00 bits per heavy atom. The quantitative estimate of drug-likeness (QED) is 0.746. The summed E-state index contributed by atoms with van der Waals surface area (Å²) in [6.07, 6.45) is 0. The van der Waals surface area contributed by atoms with Crippen LogP contribution in [0.5, 0.6) is 0 Å². The molecule has 0 amide bonds. The fourth-order valence-electron chi connectivity index (χ4n) is 2.45. The van der Waals surface area contributed by atoms with E-state index in [1.54, 1.807) is 0 Å². The number of aromatic nitrogens is 3. The van der Waals surface area contributed by atoms with Crippen molar-refractivity contribution < 1.29 is 0 Å². The lowest BCUT2D eigenvalue weighted by molar-refractivity contribution is 0.798. The van der Waals surface area contributed by atoms with E-state index in [4.69, 9.17) is 0 Å². The third kappa shape index (κ3) is 1.92. The van der Waals surface area contributed by atoms with Gasteiger partial charge in [-0.3, -0.25) is 4.79 Å². The number of fused-ring (bicyclic) bond motifs is 3. The number of nitrogens with one attached hydrogen (secondary N) is 2. The van der Waals surface area contributed by atoms with Gasteiger partial charge in [0.15, 0.2) is 5.65 Å². The molecule has 0 fully saturated rings. The Kier molecular flexibility index (Phi) is 2.89. The fourth-order valence-corrected chi connectivity index (χ4v) is 2.45. The Bertz CT molecular complexity index is 840. The molecule has 0 atom stereocenters. The minimum Gasteiger partial charge on any atom is -0.340 e. The van der Waals surface area contributed by atoms with Crippen LogP contribution in [0.4, 0.5) is 0 Å². The Morgan fingerprint density at radius 3 is 2.40 bits per heavy atom. The number of imidazole rings is 1. The molecule has 0 saturated heterocycles. The number of pyridine rings is 1. The Balaban J connectivity index is 2.38. The van der Waals surface area contributed by atoms with E-state index in [1.165, 1.54) is 5.56 Å². The van der Waals surface area contributed by atoms with Gasteiger partial charge in [0.05, 0.1) is 5.52 Å². The largest absolute Gasteiger partial charge is 0.340 e. The fraction of sp³-hybridized carbons (Fsp3) is 0.375. The average Bonchev–Trinajstić information content (AvgIpc) is 2.82. The second-order valence-corrected chi connectivity index (χ2v) is 5.91. The molecule has 0 aliphatic rings. The molecule has 0 spiro atoms. The molecule has 4 nitrogen and oxygen atoms in total. The van der Waals surface area contributed by atoms with Crippen LogP contribution in [0.15, 0.2) is 23.0 Å². The summed E-state index contributed by atoms with van der Waals surface area (Å²) in [6.45, 7) is 8.41. The highest BCUT2D eigenvalue weighted by atomic mass is 16.1. The molecular formula is C16H19N3O. The van der Waals surface area contributed by atoms with E-state index in [1.807, 2.05) is 12.1 Å². The summed E-state index contributed by atoms with van der Waals surface area (Å²) in [5.74, 6) is 1.61. The molecule has 3 rings (SSSR count). The maximum Gasteiger partial charge on any atom is 0.257 e. The maximum absolute atomic E-state index is 12.2. The van der Waals surface area contributed by atoms with Crippen LogP contribution in [-0.2, 0) is 0 Å². The first-order chi connectivity index (χ1) is 9.47. The number of hydrogen-bond donors (Lipinski definition) is 2. The smallest absolute Gasteiger partial charge is 0.257 e. The third-order valence-electron chi connectivity index (χ3n) is 3.73. The third-order valence-corrected chi connectivity index (χ3v) is 3.73. The summed E-state index contributed by atoms with van der Waals surface area (Å²) in [7, 11) is 0. The van der Waals surface area contributed by atoms with E-state index in [2.05, 4.69) is 48.7 Å². The van der Waals surface area contributed by atoms with Crippen molar-refractivity contribution in [3.8, 4) is 0 Å². The molecular weight excluding hydrogens is 250 g/mol. The van der Waals surface area contributed by atoms with Gasteiger partial charge in [0.2, 0.25) is 0 Å². The topological polar surface area (TPSA) is 61.5 Å². The van der Waals surface area contributed by atoms with Gasteiger partial charge in [-0.25, -0.2) is 4.98 Å². The van der Waals surface area contributed by atoms with Gasteiger partial charge >= 0.3 is 0 Å². The van der Waals surface area contributed by atoms with Gasteiger partial charge in [0, 0.05) is 16.7 Å². The van der Waals surface area contributed by atoms with Gasteiger partial charge in [0.1, 0.15) is 5.82 Å². The molecule has 0 aliphatic heterocycles. The number of benzene rings is 1. The molecule has 20 heavy (non-hydrogen) atoms. The van der Waals surface area contributed by atoms with E-state index in [0.717, 1.165) is 22.1 Å². The predicted octanol–water partition coefficient (Wildman–Crippen LogP) is 3.65. The van der Waals surface area contributed by atoms with Crippen LogP contribution in [0.1, 0.15) is 50.9 Å². The van der Waals surface area contributed by atoms with Gasteiger partial charge < -0.3 is 9.97 Å². The maximum atomic E-state index is 12.2. The van der Waals surface area contributed by atoms with Crippen molar-refractivity contribution in [2.75, 3.05) is 0 Å². The van der Waals surface area contributed by atoms with Gasteiger partial charge in [0.25, 0.3) is 5.56 Å². The molecule has 1 aromatic carbocycles. The summed E-state index contributed by atoms with van der Waals surface area (Å²) >= 11 is 0. The zero-order valence-electron chi connectivity index (χ0n) is 12.2. The van der Waals surface area contributed by atoms with Crippen molar-refractivity contribution in [2.45, 2.75) is 39.5 Å². The minimum absolute atomic E-state index is 0.0724. The molecule has 0 saturated carbocycles. The van der Waals surface area contributed by atoms with Gasteiger partial charge in [-0.1, -0.05) is 39.8 Å². The predicted molar refractivity (Wildman–Crippen MR) is 82.4 cm³/mol. The normalized spacial score (nSPS) is 12.1. The molecule has 4 heteroatoms. The van der Waals surface area contributed by atoms with E-state index in [0.29, 0.717) is 17.5 Å². The molecule has 2 aromatic heterocycles. The standard InChI is InChI=1S/C16H19N3O/c1-8(2)10-5-6-11-12(7-10)16(20)19-15-13(11)17-14(18-15)9(3)4/h5-9H,1-4H3,(H2,17,18,19,20). The molecule has 0 unspecified atom stereocenters. The first-order valence-corrected chi connectivity index (χ1v) is 7.03. The lowest BCUT2D eigenvalue weighted by Gasteiger charge is -2.06. The number of H-pyrrole nitrogens is 2. The molecule has 2 heterocycles. The summed E-state index contributed by atoms with van der Waals surface area (Å²) in [5, 5.41) is 1.66. The lowest BCUT2D eigenvalue weighted by Crippen LogP contribution is -2.07. The van der Waals surface area contributed by atoms with Crippen LogP contribution in [0.3, 0.4) is 0 Å². The monoisotopic (exact) mass is 269 g/mol. The summed E-state index contributed by atoms with van der Waals surface area (Å²) in [5.41, 5.74) is 2.66. The van der Waals surface area contributed by atoms with Crippen molar-refractivity contribution in [3.05, 3.63) is 39.9 Å². The van der Waals surface area contributed by atoms with Crippen molar-refractivity contribution in [1.29, 1.82) is 0 Å². The Hall–Kier alpha value is -2.10. The van der Waals surface area contributed by atoms with Crippen molar-refractivity contribution in [1.82, 2.24) is 15.0 Å². The SMILES string of the molecule is CC(C)c1ccc2c(c1)c(=O)[nH]c1nc(C(C)C)[nH]c12. The zero-order valence-corrected chi connectivity index (χ0v) is 12.2. The second kappa shape index (κ2) is 4.47. The molecule has 0 radical (unpaired) electrons. The number of aromatic amines is 2. The van der Waals surface area contributed by atoms with Crippen LogP contribution in [0.2, 0.25) is 0 Å². The average molecular weight is 269 g/mol. The highest BCUT2D eigenvalue weighted by molar-refractivity contribution is 6.02. The molecule has 2 N–H and O–H groups in total. The van der Waals surface area contributed by atoms with Crippen LogP contribution in [-0.4, -0.2) is 15.0 Å². The van der Waals surface area contributed by atoms with Crippen LogP contribution in [0.25, 0.3) is 21.9 Å². The van der Waals surface area contributed by atoms with E-state index < -0.39 is 0 Å². The molecule has 0 aliphatic carbocycles. The van der Waals surface area contributed by atoms with Crippen molar-refractivity contribution in [2.24, 2.45) is 0 Å². The first-order valence-electron chi connectivity index (χ1n) is 7.03. The van der Waals surface area contributed by atoms with Crippen molar-refractivity contribution >= 4 is 21.9 Å². The highest BCUT2D eigenvalue weighted by Crippen LogP contribution is 2.25. The molecule has 104 valence electrons. The van der Waals surface area contributed by atoms with Gasteiger partial charge in [-0.05, 0) is 17.5 Å². The minimum atomic E-state index is -0.0724. The summed E-state index contributed by atoms with van der Waals surface area (Å²) < 4.78 is 0. The van der Waals surface area contributed by atoms with E-state index in [9.17, 15) is 4.79 Å². The van der Waals surface area contributed by atoms with Gasteiger partial charge in [-0.15, -0.1) is 0 Å².